The highest BCUT2D eigenvalue weighted by Gasteiger charge is 2.20. The maximum Gasteiger partial charge on any atom is 0.148 e. The molecule has 0 fully saturated rings. The lowest BCUT2D eigenvalue weighted by Crippen LogP contribution is -2.28. The summed E-state index contributed by atoms with van der Waals surface area (Å²) in [6, 6.07) is 12.4. The maximum atomic E-state index is 6.18. The molecule has 0 bridgehead atoms. The Bertz CT molecular complexity index is 533. The number of nitrogens with two attached hydrogens (primary N) is 1. The molecule has 0 aliphatic heterocycles. The molecule has 0 saturated carbocycles. The lowest BCUT2D eigenvalue weighted by molar-refractivity contribution is 0.182. The normalized spacial score (nSPS) is 14.1. The van der Waals surface area contributed by atoms with Gasteiger partial charge in [0, 0.05) is 15.8 Å². The van der Waals surface area contributed by atoms with Crippen LogP contribution in [-0.2, 0) is 6.42 Å². The first-order valence-corrected chi connectivity index (χ1v) is 7.50. The van der Waals surface area contributed by atoms with Crippen molar-refractivity contribution in [3.8, 4) is 5.75 Å². The SMILES string of the molecule is CCc1ccccc1OC(c1ccc(C)s1)C(C)N. The summed E-state index contributed by atoms with van der Waals surface area (Å²) >= 11 is 1.75. The number of hydrogen-bond acceptors (Lipinski definition) is 3. The molecule has 1 heterocycles. The van der Waals surface area contributed by atoms with Gasteiger partial charge in [0.25, 0.3) is 0 Å². The van der Waals surface area contributed by atoms with Crippen LogP contribution >= 0.6 is 11.3 Å². The van der Waals surface area contributed by atoms with Crippen molar-refractivity contribution in [2.24, 2.45) is 5.73 Å². The molecule has 2 nitrogen and oxygen atoms in total. The highest BCUT2D eigenvalue weighted by atomic mass is 32.1. The van der Waals surface area contributed by atoms with Crippen molar-refractivity contribution in [3.63, 3.8) is 0 Å². The molecule has 2 atom stereocenters. The fraction of sp³-hybridized carbons (Fsp3) is 0.375. The van der Waals surface area contributed by atoms with Gasteiger partial charge in [-0.1, -0.05) is 25.1 Å². The molecule has 2 rings (SSSR count). The predicted molar refractivity (Wildman–Crippen MR) is 81.9 cm³/mol. The van der Waals surface area contributed by atoms with E-state index >= 15 is 0 Å². The molecular formula is C16H21NOS. The highest BCUT2D eigenvalue weighted by Crippen LogP contribution is 2.31. The minimum Gasteiger partial charge on any atom is -0.483 e. The van der Waals surface area contributed by atoms with E-state index < -0.39 is 0 Å². The lowest BCUT2D eigenvalue weighted by Gasteiger charge is -2.23. The largest absolute Gasteiger partial charge is 0.483 e. The van der Waals surface area contributed by atoms with Gasteiger partial charge < -0.3 is 10.5 Å². The molecule has 0 aliphatic rings. The fourth-order valence-corrected chi connectivity index (χ4v) is 3.10. The topological polar surface area (TPSA) is 35.2 Å². The number of hydrogen-bond donors (Lipinski definition) is 1. The average Bonchev–Trinajstić information content (AvgIpc) is 2.82. The summed E-state index contributed by atoms with van der Waals surface area (Å²) in [5, 5.41) is 0. The van der Waals surface area contributed by atoms with Crippen LogP contribution in [0.3, 0.4) is 0 Å². The second-order valence-electron chi connectivity index (χ2n) is 4.81. The van der Waals surface area contributed by atoms with Crippen molar-refractivity contribution >= 4 is 11.3 Å². The van der Waals surface area contributed by atoms with Gasteiger partial charge in [-0.25, -0.2) is 0 Å². The van der Waals surface area contributed by atoms with Crippen LogP contribution < -0.4 is 10.5 Å². The van der Waals surface area contributed by atoms with Gasteiger partial charge in [-0.05, 0) is 44.0 Å². The van der Waals surface area contributed by atoms with Gasteiger partial charge in [-0.2, -0.15) is 0 Å². The summed E-state index contributed by atoms with van der Waals surface area (Å²) in [5.74, 6) is 0.943. The van der Waals surface area contributed by atoms with Gasteiger partial charge in [-0.3, -0.25) is 0 Å². The molecule has 2 N–H and O–H groups in total. The van der Waals surface area contributed by atoms with E-state index in [0.29, 0.717) is 0 Å². The first kappa shape index (κ1) is 14.1. The van der Waals surface area contributed by atoms with Crippen molar-refractivity contribution in [2.75, 3.05) is 0 Å². The van der Waals surface area contributed by atoms with Crippen LogP contribution in [0.5, 0.6) is 5.75 Å². The van der Waals surface area contributed by atoms with Crippen LogP contribution in [0.25, 0.3) is 0 Å². The van der Waals surface area contributed by atoms with Gasteiger partial charge in [0.05, 0.1) is 0 Å². The van der Waals surface area contributed by atoms with Crippen LogP contribution in [-0.4, -0.2) is 6.04 Å². The summed E-state index contributed by atoms with van der Waals surface area (Å²) in [5.41, 5.74) is 7.32. The summed E-state index contributed by atoms with van der Waals surface area (Å²) in [6.07, 6.45) is 0.886. The second-order valence-corrected chi connectivity index (χ2v) is 6.13. The number of aryl methyl sites for hydroxylation is 2. The van der Waals surface area contributed by atoms with Gasteiger partial charge in [0.2, 0.25) is 0 Å². The third-order valence-electron chi connectivity index (χ3n) is 3.13. The number of ether oxygens (including phenoxy) is 1. The van der Waals surface area contributed by atoms with Gasteiger partial charge in [0.15, 0.2) is 0 Å². The molecule has 0 saturated heterocycles. The molecule has 3 heteroatoms. The highest BCUT2D eigenvalue weighted by molar-refractivity contribution is 7.12. The molecule has 1 aromatic carbocycles. The molecule has 0 radical (unpaired) electrons. The minimum absolute atomic E-state index is 0.0389. The van der Waals surface area contributed by atoms with E-state index in [-0.39, 0.29) is 12.1 Å². The van der Waals surface area contributed by atoms with Crippen LogP contribution in [0.15, 0.2) is 36.4 Å². The zero-order valence-corrected chi connectivity index (χ0v) is 12.5. The standard InChI is InChI=1S/C16H21NOS/c1-4-13-7-5-6-8-14(13)18-16(12(3)17)15-10-9-11(2)19-15/h5-10,12,16H,4,17H2,1-3H3. The van der Waals surface area contributed by atoms with E-state index in [9.17, 15) is 0 Å². The zero-order valence-electron chi connectivity index (χ0n) is 11.7. The monoisotopic (exact) mass is 275 g/mol. The van der Waals surface area contributed by atoms with Crippen LogP contribution in [0, 0.1) is 6.92 Å². The summed E-state index contributed by atoms with van der Waals surface area (Å²) in [4.78, 5) is 2.48. The third kappa shape index (κ3) is 3.37. The molecule has 0 aliphatic carbocycles. The van der Waals surface area contributed by atoms with E-state index in [1.165, 1.54) is 15.3 Å². The minimum atomic E-state index is -0.0774. The van der Waals surface area contributed by atoms with E-state index in [1.54, 1.807) is 11.3 Å². The van der Waals surface area contributed by atoms with Gasteiger partial charge in [0.1, 0.15) is 11.9 Å². The summed E-state index contributed by atoms with van der Waals surface area (Å²) in [7, 11) is 0. The first-order valence-electron chi connectivity index (χ1n) is 6.68. The molecule has 0 amide bonds. The Morgan fingerprint density at radius 1 is 1.21 bits per heavy atom. The number of thiophene rings is 1. The predicted octanol–water partition coefficient (Wildman–Crippen LogP) is 4.09. The van der Waals surface area contributed by atoms with Crippen molar-refractivity contribution in [3.05, 3.63) is 51.7 Å². The Morgan fingerprint density at radius 3 is 2.53 bits per heavy atom. The van der Waals surface area contributed by atoms with Crippen molar-refractivity contribution in [1.82, 2.24) is 0 Å². The molecule has 2 aromatic rings. The van der Waals surface area contributed by atoms with E-state index in [2.05, 4.69) is 32.0 Å². The average molecular weight is 275 g/mol. The third-order valence-corrected chi connectivity index (χ3v) is 4.19. The van der Waals surface area contributed by atoms with Crippen LogP contribution in [0.4, 0.5) is 0 Å². The molecule has 102 valence electrons. The second kappa shape index (κ2) is 6.22. The maximum absolute atomic E-state index is 6.18. The quantitative estimate of drug-likeness (QED) is 0.892. The number of benzene rings is 1. The lowest BCUT2D eigenvalue weighted by atomic mass is 10.1. The van der Waals surface area contributed by atoms with Gasteiger partial charge in [-0.15, -0.1) is 11.3 Å². The number of rotatable bonds is 5. The Labute approximate surface area is 119 Å². The molecule has 2 unspecified atom stereocenters. The molecular weight excluding hydrogens is 254 g/mol. The molecule has 0 spiro atoms. The van der Waals surface area contributed by atoms with Crippen LogP contribution in [0.1, 0.15) is 35.3 Å². The molecule has 19 heavy (non-hydrogen) atoms. The van der Waals surface area contributed by atoms with Gasteiger partial charge >= 0.3 is 0 Å². The number of para-hydroxylation sites is 1. The Hall–Kier alpha value is -1.32. The first-order chi connectivity index (χ1) is 9.11. The Balaban J connectivity index is 2.26. The van der Waals surface area contributed by atoms with Crippen LogP contribution in [0.2, 0.25) is 0 Å². The Morgan fingerprint density at radius 2 is 1.95 bits per heavy atom. The molecule has 1 aromatic heterocycles. The van der Waals surface area contributed by atoms with Crippen molar-refractivity contribution in [1.29, 1.82) is 0 Å². The fourth-order valence-electron chi connectivity index (χ4n) is 2.08. The summed E-state index contributed by atoms with van der Waals surface area (Å²) < 4.78 is 6.18. The Kier molecular flexibility index (Phi) is 4.61. The zero-order chi connectivity index (χ0) is 13.8. The van der Waals surface area contributed by atoms with Crippen molar-refractivity contribution in [2.45, 2.75) is 39.3 Å². The summed E-state index contributed by atoms with van der Waals surface area (Å²) in [6.45, 7) is 6.24. The van der Waals surface area contributed by atoms with Crippen molar-refractivity contribution < 1.29 is 4.74 Å². The van der Waals surface area contributed by atoms with E-state index in [1.807, 2.05) is 25.1 Å². The van der Waals surface area contributed by atoms with E-state index in [0.717, 1.165) is 12.2 Å². The smallest absolute Gasteiger partial charge is 0.148 e. The van der Waals surface area contributed by atoms with E-state index in [4.69, 9.17) is 10.5 Å².